The smallest absolute Gasteiger partial charge is 0.234 e. The van der Waals surface area contributed by atoms with Crippen molar-refractivity contribution < 1.29 is 9.53 Å². The molecule has 1 N–H and O–H groups in total. The molecule has 128 valence electrons. The number of rotatable bonds is 6. The van der Waals surface area contributed by atoms with Crippen molar-refractivity contribution in [2.45, 2.75) is 12.1 Å². The Bertz CT molecular complexity index is 863. The van der Waals surface area contributed by atoms with Gasteiger partial charge in [-0.15, -0.1) is 5.10 Å². The number of methoxy groups -OCH3 is 1. The lowest BCUT2D eigenvalue weighted by atomic mass is 10.2. The molecule has 0 saturated carbocycles. The van der Waals surface area contributed by atoms with E-state index in [9.17, 15) is 4.79 Å². The Labute approximate surface area is 149 Å². The molecule has 0 atom stereocenters. The normalized spacial score (nSPS) is 10.5. The number of amides is 1. The average molecular weight is 355 g/mol. The summed E-state index contributed by atoms with van der Waals surface area (Å²) < 4.78 is 6.79. The molecule has 0 saturated heterocycles. The van der Waals surface area contributed by atoms with Crippen LogP contribution < -0.4 is 10.1 Å². The van der Waals surface area contributed by atoms with Gasteiger partial charge < -0.3 is 10.1 Å². The first-order chi connectivity index (χ1) is 12.2. The number of hydrogen-bond acceptors (Lipinski definition) is 6. The second kappa shape index (κ2) is 7.80. The quantitative estimate of drug-likeness (QED) is 0.685. The molecule has 0 unspecified atom stereocenters. The zero-order valence-electron chi connectivity index (χ0n) is 13.8. The number of hydrogen-bond donors (Lipinski definition) is 1. The SMILES string of the molecule is COc1cccc(-n2nnnc2SCC(=O)Nc2ccc(C)cc2)c1. The number of nitrogens with one attached hydrogen (secondary N) is 1. The molecule has 0 bridgehead atoms. The van der Waals surface area contributed by atoms with Crippen LogP contribution >= 0.6 is 11.8 Å². The number of ether oxygens (including phenoxy) is 1. The third-order valence-corrected chi connectivity index (χ3v) is 4.33. The summed E-state index contributed by atoms with van der Waals surface area (Å²) in [7, 11) is 1.60. The molecule has 0 radical (unpaired) electrons. The number of thioether (sulfide) groups is 1. The fourth-order valence-corrected chi connectivity index (χ4v) is 2.83. The Kier molecular flexibility index (Phi) is 5.30. The highest BCUT2D eigenvalue weighted by Crippen LogP contribution is 2.21. The number of nitrogens with zero attached hydrogens (tertiary/aromatic N) is 4. The van der Waals surface area contributed by atoms with Crippen LogP contribution in [0.25, 0.3) is 5.69 Å². The highest BCUT2D eigenvalue weighted by molar-refractivity contribution is 7.99. The summed E-state index contributed by atoms with van der Waals surface area (Å²) in [5.41, 5.74) is 2.68. The third-order valence-electron chi connectivity index (χ3n) is 3.41. The third kappa shape index (κ3) is 4.36. The minimum atomic E-state index is -0.117. The van der Waals surface area contributed by atoms with E-state index in [2.05, 4.69) is 20.8 Å². The molecule has 0 aliphatic carbocycles. The molecule has 0 aliphatic heterocycles. The van der Waals surface area contributed by atoms with E-state index in [0.29, 0.717) is 10.9 Å². The Morgan fingerprint density at radius 1 is 1.24 bits per heavy atom. The van der Waals surface area contributed by atoms with Crippen molar-refractivity contribution in [1.82, 2.24) is 20.2 Å². The Balaban J connectivity index is 1.65. The number of aromatic nitrogens is 4. The standard InChI is InChI=1S/C17H17N5O2S/c1-12-6-8-13(9-7-12)18-16(23)11-25-17-19-20-21-22(17)14-4-3-5-15(10-14)24-2/h3-10H,11H2,1-2H3,(H,18,23). The first kappa shape index (κ1) is 17.0. The van der Waals surface area contributed by atoms with E-state index in [0.717, 1.165) is 16.9 Å². The van der Waals surface area contributed by atoms with Gasteiger partial charge in [0.1, 0.15) is 5.75 Å². The van der Waals surface area contributed by atoms with E-state index >= 15 is 0 Å². The number of carbonyl (C=O) groups is 1. The summed E-state index contributed by atoms with van der Waals surface area (Å²) in [6.07, 6.45) is 0. The van der Waals surface area contributed by atoms with Gasteiger partial charge >= 0.3 is 0 Å². The van der Waals surface area contributed by atoms with E-state index < -0.39 is 0 Å². The molecule has 7 nitrogen and oxygen atoms in total. The molecule has 3 aromatic rings. The number of tetrazole rings is 1. The lowest BCUT2D eigenvalue weighted by molar-refractivity contribution is -0.113. The zero-order valence-corrected chi connectivity index (χ0v) is 14.7. The van der Waals surface area contributed by atoms with Crippen molar-refractivity contribution in [3.05, 3.63) is 54.1 Å². The highest BCUT2D eigenvalue weighted by Gasteiger charge is 2.12. The molecule has 0 fully saturated rings. The molecule has 8 heteroatoms. The van der Waals surface area contributed by atoms with Crippen LogP contribution in [-0.2, 0) is 4.79 Å². The number of anilines is 1. The number of aryl methyl sites for hydroxylation is 1. The maximum Gasteiger partial charge on any atom is 0.234 e. The van der Waals surface area contributed by atoms with Gasteiger partial charge in [0.2, 0.25) is 11.1 Å². The van der Waals surface area contributed by atoms with Gasteiger partial charge in [-0.3, -0.25) is 4.79 Å². The minimum absolute atomic E-state index is 0.117. The topological polar surface area (TPSA) is 81.9 Å². The van der Waals surface area contributed by atoms with Crippen molar-refractivity contribution in [2.75, 3.05) is 18.2 Å². The highest BCUT2D eigenvalue weighted by atomic mass is 32.2. The Hall–Kier alpha value is -2.87. The molecule has 25 heavy (non-hydrogen) atoms. The summed E-state index contributed by atoms with van der Waals surface area (Å²) in [6, 6.07) is 15.0. The largest absolute Gasteiger partial charge is 0.497 e. The fourth-order valence-electron chi connectivity index (χ4n) is 2.14. The molecule has 0 spiro atoms. The lowest BCUT2D eigenvalue weighted by Crippen LogP contribution is -2.14. The van der Waals surface area contributed by atoms with E-state index in [1.54, 1.807) is 11.8 Å². The van der Waals surface area contributed by atoms with Crippen molar-refractivity contribution in [1.29, 1.82) is 0 Å². The maximum absolute atomic E-state index is 12.1. The van der Waals surface area contributed by atoms with Crippen LogP contribution in [0.5, 0.6) is 5.75 Å². The minimum Gasteiger partial charge on any atom is -0.497 e. The predicted octanol–water partition coefficient (Wildman–Crippen LogP) is 2.71. The Morgan fingerprint density at radius 3 is 2.80 bits per heavy atom. The van der Waals surface area contributed by atoms with Crippen LogP contribution in [0.4, 0.5) is 5.69 Å². The fraction of sp³-hybridized carbons (Fsp3) is 0.176. The van der Waals surface area contributed by atoms with Crippen LogP contribution in [0.3, 0.4) is 0 Å². The van der Waals surface area contributed by atoms with E-state index in [1.165, 1.54) is 11.8 Å². The predicted molar refractivity (Wildman–Crippen MR) is 96.2 cm³/mol. The molecular formula is C17H17N5O2S. The van der Waals surface area contributed by atoms with Gasteiger partial charge in [-0.25, -0.2) is 0 Å². The van der Waals surface area contributed by atoms with Gasteiger partial charge in [0.05, 0.1) is 18.6 Å². The molecule has 3 rings (SSSR count). The first-order valence-corrected chi connectivity index (χ1v) is 8.56. The van der Waals surface area contributed by atoms with Crippen molar-refractivity contribution in [3.8, 4) is 11.4 Å². The van der Waals surface area contributed by atoms with Crippen LogP contribution in [0.2, 0.25) is 0 Å². The van der Waals surface area contributed by atoms with E-state index in [-0.39, 0.29) is 11.7 Å². The second-order valence-corrected chi connectivity index (χ2v) is 6.22. The molecule has 0 aliphatic rings. The molecule has 1 amide bonds. The van der Waals surface area contributed by atoms with Crippen molar-refractivity contribution >= 4 is 23.4 Å². The van der Waals surface area contributed by atoms with Crippen molar-refractivity contribution in [2.24, 2.45) is 0 Å². The molecule has 1 aromatic heterocycles. The van der Waals surface area contributed by atoms with Gasteiger partial charge in [-0.1, -0.05) is 35.5 Å². The van der Waals surface area contributed by atoms with Crippen LogP contribution in [0.1, 0.15) is 5.56 Å². The molecule has 1 heterocycles. The van der Waals surface area contributed by atoms with Gasteiger partial charge in [0.15, 0.2) is 0 Å². The summed E-state index contributed by atoms with van der Waals surface area (Å²) in [5.74, 6) is 0.799. The maximum atomic E-state index is 12.1. The zero-order chi connectivity index (χ0) is 17.6. The lowest BCUT2D eigenvalue weighted by Gasteiger charge is -2.07. The summed E-state index contributed by atoms with van der Waals surface area (Å²) in [5, 5.41) is 15.0. The first-order valence-electron chi connectivity index (χ1n) is 7.58. The second-order valence-electron chi connectivity index (χ2n) is 5.28. The van der Waals surface area contributed by atoms with Crippen LogP contribution in [-0.4, -0.2) is 39.0 Å². The Morgan fingerprint density at radius 2 is 2.04 bits per heavy atom. The van der Waals surface area contributed by atoms with Crippen LogP contribution in [0, 0.1) is 6.92 Å². The summed E-state index contributed by atoms with van der Waals surface area (Å²) in [6.45, 7) is 2.00. The van der Waals surface area contributed by atoms with Gasteiger partial charge in [-0.05, 0) is 41.6 Å². The average Bonchev–Trinajstić information content (AvgIpc) is 3.10. The van der Waals surface area contributed by atoms with E-state index in [1.807, 2.05) is 55.5 Å². The van der Waals surface area contributed by atoms with E-state index in [4.69, 9.17) is 4.74 Å². The van der Waals surface area contributed by atoms with Crippen LogP contribution in [0.15, 0.2) is 53.7 Å². The number of carbonyl (C=O) groups excluding carboxylic acids is 1. The molecular weight excluding hydrogens is 338 g/mol. The van der Waals surface area contributed by atoms with Gasteiger partial charge in [0.25, 0.3) is 0 Å². The van der Waals surface area contributed by atoms with Gasteiger partial charge in [-0.2, -0.15) is 4.68 Å². The summed E-state index contributed by atoms with van der Waals surface area (Å²) >= 11 is 1.27. The van der Waals surface area contributed by atoms with Gasteiger partial charge in [0, 0.05) is 11.8 Å². The monoisotopic (exact) mass is 355 g/mol. The summed E-state index contributed by atoms with van der Waals surface area (Å²) in [4.78, 5) is 12.1. The molecule has 2 aromatic carbocycles. The van der Waals surface area contributed by atoms with Crippen molar-refractivity contribution in [3.63, 3.8) is 0 Å². The number of benzene rings is 2.